The number of carbonyl (C=O) groups excluding carboxylic acids is 1. The van der Waals surface area contributed by atoms with Gasteiger partial charge in [0.05, 0.1) is 11.3 Å². The molecule has 1 fully saturated rings. The highest BCUT2D eigenvalue weighted by molar-refractivity contribution is 5.95. The lowest BCUT2D eigenvalue weighted by Gasteiger charge is -2.32. The third-order valence-electron chi connectivity index (χ3n) is 5.11. The SMILES string of the molecule is CC(=O)c1ccc(C#N)c(NCc2ccc(N3CCC(C)CC3)cc2)c1. The summed E-state index contributed by atoms with van der Waals surface area (Å²) < 4.78 is 0. The highest BCUT2D eigenvalue weighted by Crippen LogP contribution is 2.24. The normalized spacial score (nSPS) is 14.7. The fraction of sp³-hybridized carbons (Fsp3) is 0.364. The molecular formula is C22H25N3O. The number of ketones is 1. The molecule has 3 rings (SSSR count). The van der Waals surface area contributed by atoms with E-state index in [1.165, 1.54) is 25.5 Å². The molecule has 4 heteroatoms. The molecule has 0 atom stereocenters. The van der Waals surface area contributed by atoms with Gasteiger partial charge in [-0.1, -0.05) is 19.1 Å². The summed E-state index contributed by atoms with van der Waals surface area (Å²) in [6, 6.07) is 15.9. The number of rotatable bonds is 5. The monoisotopic (exact) mass is 347 g/mol. The van der Waals surface area contributed by atoms with Crippen molar-refractivity contribution in [3.8, 4) is 6.07 Å². The summed E-state index contributed by atoms with van der Waals surface area (Å²) in [6.45, 7) is 6.73. The molecule has 0 amide bonds. The van der Waals surface area contributed by atoms with Crippen LogP contribution in [0.5, 0.6) is 0 Å². The molecule has 1 saturated heterocycles. The molecule has 0 spiro atoms. The van der Waals surface area contributed by atoms with E-state index in [1.807, 2.05) is 0 Å². The van der Waals surface area contributed by atoms with Gasteiger partial charge in [0.15, 0.2) is 5.78 Å². The van der Waals surface area contributed by atoms with Crippen molar-refractivity contribution in [3.63, 3.8) is 0 Å². The molecular weight excluding hydrogens is 322 g/mol. The second-order valence-corrected chi connectivity index (χ2v) is 7.12. The lowest BCUT2D eigenvalue weighted by atomic mass is 9.98. The molecule has 2 aromatic carbocycles. The minimum Gasteiger partial charge on any atom is -0.380 e. The molecule has 4 nitrogen and oxygen atoms in total. The number of hydrogen-bond acceptors (Lipinski definition) is 4. The molecule has 2 aromatic rings. The summed E-state index contributed by atoms with van der Waals surface area (Å²) in [5.74, 6) is 0.826. The van der Waals surface area contributed by atoms with Crippen LogP contribution in [0.2, 0.25) is 0 Å². The van der Waals surface area contributed by atoms with Crippen LogP contribution < -0.4 is 10.2 Å². The highest BCUT2D eigenvalue weighted by Gasteiger charge is 2.15. The Morgan fingerprint density at radius 2 is 1.88 bits per heavy atom. The van der Waals surface area contributed by atoms with E-state index in [9.17, 15) is 10.1 Å². The smallest absolute Gasteiger partial charge is 0.159 e. The maximum absolute atomic E-state index is 11.6. The van der Waals surface area contributed by atoms with E-state index in [4.69, 9.17) is 0 Å². The van der Waals surface area contributed by atoms with Gasteiger partial charge in [-0.15, -0.1) is 0 Å². The van der Waals surface area contributed by atoms with E-state index in [2.05, 4.69) is 47.5 Å². The molecule has 0 bridgehead atoms. The van der Waals surface area contributed by atoms with E-state index in [0.717, 1.165) is 24.6 Å². The number of carbonyl (C=O) groups is 1. The lowest BCUT2D eigenvalue weighted by Crippen LogP contribution is -2.32. The standard InChI is InChI=1S/C22H25N3O/c1-16-9-11-25(12-10-16)21-7-3-18(4-8-21)15-24-22-13-19(17(2)26)5-6-20(22)14-23/h3-8,13,16,24H,9-12,15H2,1-2H3. The van der Waals surface area contributed by atoms with E-state index >= 15 is 0 Å². The Morgan fingerprint density at radius 3 is 2.50 bits per heavy atom. The van der Waals surface area contributed by atoms with Crippen LogP contribution in [0.3, 0.4) is 0 Å². The Bertz CT molecular complexity index is 812. The zero-order valence-electron chi connectivity index (χ0n) is 15.5. The predicted octanol–water partition coefficient (Wildman–Crippen LogP) is 4.61. The third-order valence-corrected chi connectivity index (χ3v) is 5.11. The minimum atomic E-state index is -0.00209. The van der Waals surface area contributed by atoms with Gasteiger partial charge in [-0.25, -0.2) is 0 Å². The minimum absolute atomic E-state index is 0.00209. The molecule has 1 N–H and O–H groups in total. The fourth-order valence-corrected chi connectivity index (χ4v) is 3.30. The summed E-state index contributed by atoms with van der Waals surface area (Å²) in [5.41, 5.74) is 4.29. The Hall–Kier alpha value is -2.80. The van der Waals surface area contributed by atoms with Gasteiger partial charge in [-0.2, -0.15) is 5.26 Å². The first-order chi connectivity index (χ1) is 12.6. The van der Waals surface area contributed by atoms with Crippen molar-refractivity contribution in [2.45, 2.75) is 33.2 Å². The molecule has 1 aliphatic rings. The van der Waals surface area contributed by atoms with E-state index in [1.54, 1.807) is 18.2 Å². The number of benzene rings is 2. The van der Waals surface area contributed by atoms with Crippen molar-refractivity contribution in [3.05, 3.63) is 59.2 Å². The van der Waals surface area contributed by atoms with Crippen molar-refractivity contribution < 1.29 is 4.79 Å². The largest absolute Gasteiger partial charge is 0.380 e. The summed E-state index contributed by atoms with van der Waals surface area (Å²) in [6.07, 6.45) is 2.51. The third kappa shape index (κ3) is 4.23. The number of nitrogens with one attached hydrogen (secondary N) is 1. The van der Waals surface area contributed by atoms with Crippen molar-refractivity contribution in [2.75, 3.05) is 23.3 Å². The number of nitriles is 1. The Morgan fingerprint density at radius 1 is 1.19 bits per heavy atom. The molecule has 26 heavy (non-hydrogen) atoms. The number of piperidine rings is 1. The van der Waals surface area contributed by atoms with Gasteiger partial charge in [0.2, 0.25) is 0 Å². The molecule has 0 aromatic heterocycles. The van der Waals surface area contributed by atoms with Crippen LogP contribution in [0.25, 0.3) is 0 Å². The number of anilines is 2. The quantitative estimate of drug-likeness (QED) is 0.803. The van der Waals surface area contributed by atoms with Crippen molar-refractivity contribution in [1.82, 2.24) is 0 Å². The zero-order valence-corrected chi connectivity index (χ0v) is 15.5. The highest BCUT2D eigenvalue weighted by atomic mass is 16.1. The Balaban J connectivity index is 1.66. The van der Waals surface area contributed by atoms with Gasteiger partial charge in [0, 0.05) is 30.9 Å². The predicted molar refractivity (Wildman–Crippen MR) is 106 cm³/mol. The fourth-order valence-electron chi connectivity index (χ4n) is 3.30. The van der Waals surface area contributed by atoms with Crippen molar-refractivity contribution in [1.29, 1.82) is 5.26 Å². The van der Waals surface area contributed by atoms with E-state index < -0.39 is 0 Å². The van der Waals surface area contributed by atoms with Crippen LogP contribution >= 0.6 is 0 Å². The molecule has 1 heterocycles. The zero-order chi connectivity index (χ0) is 18.5. The molecule has 0 saturated carbocycles. The number of nitrogens with zero attached hydrogens (tertiary/aromatic N) is 2. The van der Waals surface area contributed by atoms with Crippen LogP contribution in [0, 0.1) is 17.2 Å². The van der Waals surface area contributed by atoms with Crippen LogP contribution in [0.15, 0.2) is 42.5 Å². The summed E-state index contributed by atoms with van der Waals surface area (Å²) in [5, 5.41) is 12.6. The topological polar surface area (TPSA) is 56.1 Å². The molecule has 134 valence electrons. The van der Waals surface area contributed by atoms with Gasteiger partial charge in [-0.3, -0.25) is 4.79 Å². The number of Topliss-reactive ketones (excluding diaryl/α,β-unsaturated/α-hetero) is 1. The second-order valence-electron chi connectivity index (χ2n) is 7.12. The Kier molecular flexibility index (Phi) is 5.58. The van der Waals surface area contributed by atoms with Crippen molar-refractivity contribution in [2.24, 2.45) is 5.92 Å². The van der Waals surface area contributed by atoms with Gasteiger partial charge >= 0.3 is 0 Å². The van der Waals surface area contributed by atoms with Gasteiger partial charge in [0.1, 0.15) is 6.07 Å². The summed E-state index contributed by atoms with van der Waals surface area (Å²) >= 11 is 0. The van der Waals surface area contributed by atoms with E-state index in [0.29, 0.717) is 23.4 Å². The maximum Gasteiger partial charge on any atom is 0.159 e. The molecule has 0 unspecified atom stereocenters. The lowest BCUT2D eigenvalue weighted by molar-refractivity contribution is 0.101. The van der Waals surface area contributed by atoms with Gasteiger partial charge in [-0.05, 0) is 61.6 Å². The first kappa shape index (κ1) is 18.0. The average molecular weight is 347 g/mol. The Labute approximate surface area is 155 Å². The van der Waals surface area contributed by atoms with Crippen LogP contribution in [-0.2, 0) is 6.54 Å². The van der Waals surface area contributed by atoms with E-state index in [-0.39, 0.29) is 5.78 Å². The van der Waals surface area contributed by atoms with Gasteiger partial charge in [0.25, 0.3) is 0 Å². The first-order valence-electron chi connectivity index (χ1n) is 9.19. The molecule has 1 aliphatic heterocycles. The van der Waals surface area contributed by atoms with Crippen molar-refractivity contribution >= 4 is 17.2 Å². The first-order valence-corrected chi connectivity index (χ1v) is 9.19. The van der Waals surface area contributed by atoms with Crippen LogP contribution in [-0.4, -0.2) is 18.9 Å². The van der Waals surface area contributed by atoms with Gasteiger partial charge < -0.3 is 10.2 Å². The summed E-state index contributed by atoms with van der Waals surface area (Å²) in [7, 11) is 0. The second kappa shape index (κ2) is 8.05. The van der Waals surface area contributed by atoms with Crippen LogP contribution in [0.1, 0.15) is 48.2 Å². The molecule has 0 aliphatic carbocycles. The number of hydrogen-bond donors (Lipinski definition) is 1. The maximum atomic E-state index is 11.6. The summed E-state index contributed by atoms with van der Waals surface area (Å²) in [4.78, 5) is 14.0. The molecule has 0 radical (unpaired) electrons. The van der Waals surface area contributed by atoms with Crippen LogP contribution in [0.4, 0.5) is 11.4 Å². The average Bonchev–Trinajstić information content (AvgIpc) is 2.67.